The SMILES string of the molecule is CC(C)c1ccc(C2/C(=C(\O)c3ccc(Cl)cc3)C(=O)C(=O)N2CC2CCCO2)cc1. The summed E-state index contributed by atoms with van der Waals surface area (Å²) in [6, 6.07) is 13.8. The molecule has 2 unspecified atom stereocenters. The van der Waals surface area contributed by atoms with Gasteiger partial charge in [0, 0.05) is 23.7 Å². The van der Waals surface area contributed by atoms with Crippen LogP contribution in [0, 0.1) is 0 Å². The molecule has 2 aliphatic rings. The van der Waals surface area contributed by atoms with Gasteiger partial charge in [-0.3, -0.25) is 9.59 Å². The Hall–Kier alpha value is -2.63. The minimum atomic E-state index is -0.677. The van der Waals surface area contributed by atoms with Gasteiger partial charge in [-0.25, -0.2) is 0 Å². The summed E-state index contributed by atoms with van der Waals surface area (Å²) in [5, 5.41) is 11.6. The molecular formula is C25H26ClNO4. The Kier molecular flexibility index (Phi) is 6.17. The molecule has 2 aromatic carbocycles. The Bertz CT molecular complexity index is 1000. The van der Waals surface area contributed by atoms with Crippen LogP contribution in [0.4, 0.5) is 0 Å². The first-order valence-electron chi connectivity index (χ1n) is 10.6. The van der Waals surface area contributed by atoms with E-state index in [1.54, 1.807) is 29.2 Å². The van der Waals surface area contributed by atoms with Crippen molar-refractivity contribution in [2.45, 2.75) is 44.8 Å². The average Bonchev–Trinajstić information content (AvgIpc) is 3.36. The maximum absolute atomic E-state index is 13.1. The normalized spacial score (nSPS) is 23.2. The van der Waals surface area contributed by atoms with Crippen LogP contribution in [0.15, 0.2) is 54.1 Å². The number of Topliss-reactive ketones (excluding diaryl/α,β-unsaturated/α-hetero) is 1. The summed E-state index contributed by atoms with van der Waals surface area (Å²) in [6.07, 6.45) is 1.68. The van der Waals surface area contributed by atoms with Crippen LogP contribution in [0.25, 0.3) is 5.76 Å². The summed E-state index contributed by atoms with van der Waals surface area (Å²) < 4.78 is 5.73. The summed E-state index contributed by atoms with van der Waals surface area (Å²) in [7, 11) is 0. The first-order chi connectivity index (χ1) is 14.9. The number of carbonyl (C=O) groups excluding carboxylic acids is 2. The summed E-state index contributed by atoms with van der Waals surface area (Å²) in [5.74, 6) is -1.11. The molecular weight excluding hydrogens is 414 g/mol. The van der Waals surface area contributed by atoms with E-state index in [0.29, 0.717) is 29.7 Å². The maximum Gasteiger partial charge on any atom is 0.295 e. The Morgan fingerprint density at radius 3 is 2.39 bits per heavy atom. The fourth-order valence-corrected chi connectivity index (χ4v) is 4.38. The fraction of sp³-hybridized carbons (Fsp3) is 0.360. The Labute approximate surface area is 187 Å². The van der Waals surface area contributed by atoms with E-state index in [2.05, 4.69) is 13.8 Å². The van der Waals surface area contributed by atoms with Crippen molar-refractivity contribution in [3.05, 3.63) is 75.8 Å². The van der Waals surface area contributed by atoms with Crippen LogP contribution in [0.5, 0.6) is 0 Å². The molecule has 1 amide bonds. The van der Waals surface area contributed by atoms with Crippen molar-refractivity contribution in [2.75, 3.05) is 13.2 Å². The van der Waals surface area contributed by atoms with Crippen molar-refractivity contribution in [1.29, 1.82) is 0 Å². The summed E-state index contributed by atoms with van der Waals surface area (Å²) in [6.45, 7) is 5.20. The third-order valence-electron chi connectivity index (χ3n) is 6.00. The number of hydrogen-bond donors (Lipinski definition) is 1. The van der Waals surface area contributed by atoms with Gasteiger partial charge in [0.25, 0.3) is 11.7 Å². The lowest BCUT2D eigenvalue weighted by molar-refractivity contribution is -0.140. The molecule has 0 aliphatic carbocycles. The van der Waals surface area contributed by atoms with Crippen molar-refractivity contribution < 1.29 is 19.4 Å². The van der Waals surface area contributed by atoms with Crippen LogP contribution < -0.4 is 0 Å². The number of rotatable bonds is 5. The van der Waals surface area contributed by atoms with Crippen LogP contribution in [0.3, 0.4) is 0 Å². The van der Waals surface area contributed by atoms with Gasteiger partial charge in [0.2, 0.25) is 0 Å². The average molecular weight is 440 g/mol. The van der Waals surface area contributed by atoms with E-state index < -0.39 is 17.7 Å². The summed E-state index contributed by atoms with van der Waals surface area (Å²) >= 11 is 5.97. The lowest BCUT2D eigenvalue weighted by atomic mass is 9.93. The number of ketones is 1. The number of hydrogen-bond acceptors (Lipinski definition) is 4. The zero-order valence-electron chi connectivity index (χ0n) is 17.7. The first-order valence-corrected chi connectivity index (χ1v) is 11.0. The number of halogens is 1. The number of nitrogens with zero attached hydrogens (tertiary/aromatic N) is 1. The number of carbonyl (C=O) groups is 2. The molecule has 0 saturated carbocycles. The highest BCUT2D eigenvalue weighted by atomic mass is 35.5. The van der Waals surface area contributed by atoms with E-state index in [-0.39, 0.29) is 17.4 Å². The van der Waals surface area contributed by atoms with Crippen LogP contribution in [0.1, 0.15) is 55.3 Å². The van der Waals surface area contributed by atoms with Crippen molar-refractivity contribution >= 4 is 29.1 Å². The van der Waals surface area contributed by atoms with Crippen LogP contribution in [-0.4, -0.2) is 41.0 Å². The van der Waals surface area contributed by atoms with Crippen LogP contribution in [-0.2, 0) is 14.3 Å². The largest absolute Gasteiger partial charge is 0.507 e. The Balaban J connectivity index is 1.80. The van der Waals surface area contributed by atoms with Gasteiger partial charge < -0.3 is 14.7 Å². The summed E-state index contributed by atoms with van der Waals surface area (Å²) in [5.41, 5.74) is 2.50. The molecule has 0 aromatic heterocycles. The number of aliphatic hydroxyl groups excluding tert-OH is 1. The molecule has 31 heavy (non-hydrogen) atoms. The highest BCUT2D eigenvalue weighted by molar-refractivity contribution is 6.46. The van der Waals surface area contributed by atoms with Gasteiger partial charge >= 0.3 is 0 Å². The molecule has 1 N–H and O–H groups in total. The van der Waals surface area contributed by atoms with E-state index in [1.807, 2.05) is 24.3 Å². The molecule has 2 fully saturated rings. The van der Waals surface area contributed by atoms with Crippen LogP contribution >= 0.6 is 11.6 Å². The van der Waals surface area contributed by atoms with Gasteiger partial charge in [-0.05, 0) is 54.2 Å². The molecule has 2 atom stereocenters. The molecule has 2 aliphatic heterocycles. The van der Waals surface area contributed by atoms with Crippen molar-refractivity contribution in [3.8, 4) is 0 Å². The number of aliphatic hydroxyl groups is 1. The zero-order chi connectivity index (χ0) is 22.1. The zero-order valence-corrected chi connectivity index (χ0v) is 18.4. The topological polar surface area (TPSA) is 66.8 Å². The predicted molar refractivity (Wildman–Crippen MR) is 120 cm³/mol. The third kappa shape index (κ3) is 4.25. The molecule has 0 radical (unpaired) electrons. The number of benzene rings is 2. The molecule has 5 nitrogen and oxygen atoms in total. The molecule has 162 valence electrons. The number of ether oxygens (including phenoxy) is 1. The smallest absolute Gasteiger partial charge is 0.295 e. The second-order valence-electron chi connectivity index (χ2n) is 8.41. The van der Waals surface area contributed by atoms with Crippen molar-refractivity contribution in [1.82, 2.24) is 4.90 Å². The lowest BCUT2D eigenvalue weighted by Gasteiger charge is -2.27. The van der Waals surface area contributed by atoms with Gasteiger partial charge in [-0.2, -0.15) is 0 Å². The molecule has 2 heterocycles. The Morgan fingerprint density at radius 1 is 1.13 bits per heavy atom. The van der Waals surface area contributed by atoms with Gasteiger partial charge in [0.15, 0.2) is 0 Å². The molecule has 0 spiro atoms. The van der Waals surface area contributed by atoms with E-state index in [0.717, 1.165) is 24.0 Å². The van der Waals surface area contributed by atoms with Gasteiger partial charge in [0.05, 0.1) is 17.7 Å². The van der Waals surface area contributed by atoms with Crippen molar-refractivity contribution in [3.63, 3.8) is 0 Å². The third-order valence-corrected chi connectivity index (χ3v) is 6.25. The van der Waals surface area contributed by atoms with Gasteiger partial charge in [0.1, 0.15) is 5.76 Å². The molecule has 6 heteroatoms. The highest BCUT2D eigenvalue weighted by Gasteiger charge is 2.47. The second kappa shape index (κ2) is 8.85. The van der Waals surface area contributed by atoms with E-state index in [4.69, 9.17) is 16.3 Å². The summed E-state index contributed by atoms with van der Waals surface area (Å²) in [4.78, 5) is 27.6. The van der Waals surface area contributed by atoms with E-state index in [1.165, 1.54) is 0 Å². The van der Waals surface area contributed by atoms with E-state index >= 15 is 0 Å². The quantitative estimate of drug-likeness (QED) is 0.401. The van der Waals surface area contributed by atoms with Crippen molar-refractivity contribution in [2.24, 2.45) is 0 Å². The molecule has 2 saturated heterocycles. The minimum Gasteiger partial charge on any atom is -0.507 e. The molecule has 0 bridgehead atoms. The van der Waals surface area contributed by atoms with Crippen LogP contribution in [0.2, 0.25) is 5.02 Å². The second-order valence-corrected chi connectivity index (χ2v) is 8.85. The standard InChI is InChI=1S/C25H26ClNO4/c1-15(2)16-5-7-17(8-6-16)22-21(23(28)18-9-11-19(26)12-10-18)24(29)25(30)27(22)14-20-4-3-13-31-20/h5-12,15,20,22,28H,3-4,13-14H2,1-2H3/b23-21+. The van der Waals surface area contributed by atoms with Gasteiger partial charge in [-0.15, -0.1) is 0 Å². The number of amides is 1. The first kappa shape index (κ1) is 21.6. The lowest BCUT2D eigenvalue weighted by Crippen LogP contribution is -2.36. The minimum absolute atomic E-state index is 0.0996. The molecule has 4 rings (SSSR count). The van der Waals surface area contributed by atoms with Gasteiger partial charge in [-0.1, -0.05) is 49.7 Å². The highest BCUT2D eigenvalue weighted by Crippen LogP contribution is 2.40. The predicted octanol–water partition coefficient (Wildman–Crippen LogP) is 5.06. The van der Waals surface area contributed by atoms with E-state index in [9.17, 15) is 14.7 Å². The Morgan fingerprint density at radius 2 is 1.81 bits per heavy atom. The monoisotopic (exact) mass is 439 g/mol. The fourth-order valence-electron chi connectivity index (χ4n) is 4.25. The molecule has 2 aromatic rings. The number of likely N-dealkylation sites (tertiary alicyclic amines) is 1. The maximum atomic E-state index is 13.1.